The summed E-state index contributed by atoms with van der Waals surface area (Å²) in [5.74, 6) is -0.270. The Labute approximate surface area is 307 Å². The van der Waals surface area contributed by atoms with Crippen molar-refractivity contribution in [3.8, 4) is 11.1 Å². The maximum atomic E-state index is 12.7. The molecule has 5 N–H and O–H groups in total. The number of carbonyl (C=O) groups is 2. The van der Waals surface area contributed by atoms with Gasteiger partial charge in [-0.15, -0.1) is 0 Å². The summed E-state index contributed by atoms with van der Waals surface area (Å²) >= 11 is 0. The molecule has 3 unspecified atom stereocenters. The maximum absolute atomic E-state index is 12.7. The van der Waals surface area contributed by atoms with Crippen LogP contribution in [0.15, 0.2) is 97.1 Å². The van der Waals surface area contributed by atoms with Gasteiger partial charge in [-0.25, -0.2) is 0 Å². The Balaban J connectivity index is 1.07. The van der Waals surface area contributed by atoms with Crippen LogP contribution in [0, 0.1) is 0 Å². The second-order valence-corrected chi connectivity index (χ2v) is 14.0. The highest BCUT2D eigenvalue weighted by Crippen LogP contribution is 2.39. The van der Waals surface area contributed by atoms with Gasteiger partial charge in [-0.1, -0.05) is 104 Å². The van der Waals surface area contributed by atoms with E-state index >= 15 is 0 Å². The molecule has 52 heavy (non-hydrogen) atoms. The molecule has 0 bridgehead atoms. The number of hydrogen-bond donors (Lipinski definition) is 4. The number of hydrogen-bond acceptors (Lipinski definition) is 7. The molecule has 0 radical (unpaired) electrons. The highest BCUT2D eigenvalue weighted by atomic mass is 16.7. The standard InChI is InChI=1S/C43H52N4O5/c44-38-13-6-7-14-39(38)46-42(50)16-10-15-41(49)45-28-35-11-4-5-12-37(35)32-21-23-34(24-22-32)43-51-36(29-47-25-8-2-1-3-9-26-47)27-40(52-43)33-19-17-31(30-48)18-20-33/h4-7,11-14,17-24,36,40,43,48H,1-3,8-10,15-16,25-30,44H2,(H,45,49)(H,46,50). The van der Waals surface area contributed by atoms with E-state index in [0.717, 1.165) is 59.4 Å². The van der Waals surface area contributed by atoms with E-state index in [1.165, 1.54) is 32.1 Å². The Bertz CT molecular complexity index is 1740. The molecule has 2 heterocycles. The molecule has 2 aliphatic rings. The summed E-state index contributed by atoms with van der Waals surface area (Å²) in [6.07, 6.45) is 7.48. The number of nitrogen functional groups attached to an aromatic ring is 1. The van der Waals surface area contributed by atoms with Crippen LogP contribution in [-0.2, 0) is 32.2 Å². The fourth-order valence-electron chi connectivity index (χ4n) is 7.11. The minimum Gasteiger partial charge on any atom is -0.397 e. The Hall–Kier alpha value is -4.54. The molecular weight excluding hydrogens is 652 g/mol. The molecule has 2 saturated heterocycles. The minimum absolute atomic E-state index is 0.0170. The number of aliphatic hydroxyl groups excluding tert-OH is 1. The Morgan fingerprint density at radius 3 is 2.19 bits per heavy atom. The van der Waals surface area contributed by atoms with E-state index < -0.39 is 6.29 Å². The van der Waals surface area contributed by atoms with Crippen molar-refractivity contribution >= 4 is 23.2 Å². The highest BCUT2D eigenvalue weighted by molar-refractivity contribution is 5.94. The van der Waals surface area contributed by atoms with Gasteiger partial charge in [0.15, 0.2) is 6.29 Å². The number of carbonyl (C=O) groups excluding carboxylic acids is 2. The molecule has 0 aromatic heterocycles. The van der Waals surface area contributed by atoms with Gasteiger partial charge < -0.3 is 35.8 Å². The van der Waals surface area contributed by atoms with Gasteiger partial charge in [-0.3, -0.25) is 9.59 Å². The van der Waals surface area contributed by atoms with Crippen molar-refractivity contribution in [1.29, 1.82) is 0 Å². The van der Waals surface area contributed by atoms with E-state index in [0.29, 0.717) is 24.3 Å². The molecule has 274 valence electrons. The topological polar surface area (TPSA) is 126 Å². The average molecular weight is 705 g/mol. The van der Waals surface area contributed by atoms with E-state index in [4.69, 9.17) is 15.2 Å². The fourth-order valence-corrected chi connectivity index (χ4v) is 7.11. The molecule has 9 nitrogen and oxygen atoms in total. The van der Waals surface area contributed by atoms with Gasteiger partial charge in [0.1, 0.15) is 0 Å². The molecule has 4 aromatic rings. The van der Waals surface area contributed by atoms with Gasteiger partial charge in [-0.05, 0) is 72.3 Å². The van der Waals surface area contributed by atoms with Gasteiger partial charge in [0.25, 0.3) is 0 Å². The number of benzene rings is 4. The lowest BCUT2D eigenvalue weighted by Gasteiger charge is -2.39. The molecule has 0 aliphatic carbocycles. The van der Waals surface area contributed by atoms with Crippen LogP contribution in [-0.4, -0.2) is 47.6 Å². The van der Waals surface area contributed by atoms with Crippen LogP contribution < -0.4 is 16.4 Å². The number of nitrogens with zero attached hydrogens (tertiary/aromatic N) is 1. The van der Waals surface area contributed by atoms with Gasteiger partial charge in [0.2, 0.25) is 11.8 Å². The number of nitrogens with two attached hydrogens (primary N) is 1. The number of nitrogens with one attached hydrogen (secondary N) is 2. The van der Waals surface area contributed by atoms with Crippen LogP contribution in [0.3, 0.4) is 0 Å². The lowest BCUT2D eigenvalue weighted by Crippen LogP contribution is -2.40. The van der Waals surface area contributed by atoms with Gasteiger partial charge >= 0.3 is 0 Å². The van der Waals surface area contributed by atoms with Crippen molar-refractivity contribution in [1.82, 2.24) is 10.2 Å². The van der Waals surface area contributed by atoms with Crippen LogP contribution in [0.2, 0.25) is 0 Å². The first-order chi connectivity index (χ1) is 25.4. The predicted molar refractivity (Wildman–Crippen MR) is 205 cm³/mol. The number of aliphatic hydroxyl groups is 1. The van der Waals surface area contributed by atoms with Crippen LogP contribution in [0.4, 0.5) is 11.4 Å². The summed E-state index contributed by atoms with van der Waals surface area (Å²) in [7, 11) is 0. The lowest BCUT2D eigenvalue weighted by atomic mass is 9.97. The second-order valence-electron chi connectivity index (χ2n) is 14.0. The molecule has 6 rings (SSSR count). The number of ether oxygens (including phenoxy) is 2. The average Bonchev–Trinajstić information content (AvgIpc) is 3.16. The number of rotatable bonds is 13. The van der Waals surface area contributed by atoms with Crippen molar-refractivity contribution in [3.63, 3.8) is 0 Å². The zero-order valence-corrected chi connectivity index (χ0v) is 30.0. The van der Waals surface area contributed by atoms with Crippen molar-refractivity contribution in [2.75, 3.05) is 30.7 Å². The summed E-state index contributed by atoms with van der Waals surface area (Å²) in [6, 6.07) is 31.6. The maximum Gasteiger partial charge on any atom is 0.224 e. The second kappa shape index (κ2) is 18.8. The van der Waals surface area contributed by atoms with Crippen molar-refractivity contribution < 1.29 is 24.2 Å². The summed E-state index contributed by atoms with van der Waals surface area (Å²) < 4.78 is 13.3. The molecule has 4 aromatic carbocycles. The molecule has 0 saturated carbocycles. The normalized spacial score (nSPS) is 19.7. The fraction of sp³-hybridized carbons (Fsp3) is 0.395. The predicted octanol–water partition coefficient (Wildman–Crippen LogP) is 7.66. The zero-order valence-electron chi connectivity index (χ0n) is 30.0. The molecule has 2 fully saturated rings. The smallest absolute Gasteiger partial charge is 0.224 e. The SMILES string of the molecule is Nc1ccccc1NC(=O)CCCC(=O)NCc1ccccc1-c1ccc(C2OC(CN3CCCCCCC3)CC(c3ccc(CO)cc3)O2)cc1. The van der Waals surface area contributed by atoms with Crippen molar-refractivity contribution in [2.45, 2.75) is 89.4 Å². The first-order valence-electron chi connectivity index (χ1n) is 18.8. The molecule has 0 spiro atoms. The van der Waals surface area contributed by atoms with E-state index in [1.54, 1.807) is 12.1 Å². The number of likely N-dealkylation sites (tertiary alicyclic amines) is 1. The van der Waals surface area contributed by atoms with E-state index in [-0.39, 0.29) is 43.5 Å². The third-order valence-corrected chi connectivity index (χ3v) is 10.1. The molecule has 2 amide bonds. The van der Waals surface area contributed by atoms with E-state index in [9.17, 15) is 14.7 Å². The van der Waals surface area contributed by atoms with Crippen LogP contribution in [0.5, 0.6) is 0 Å². The summed E-state index contributed by atoms with van der Waals surface area (Å²) in [5.41, 5.74) is 13.0. The monoisotopic (exact) mass is 704 g/mol. The number of para-hydroxylation sites is 2. The third kappa shape index (κ3) is 10.5. The minimum atomic E-state index is -0.508. The quantitative estimate of drug-likeness (QED) is 0.105. The van der Waals surface area contributed by atoms with Crippen molar-refractivity contribution in [2.24, 2.45) is 0 Å². The first-order valence-corrected chi connectivity index (χ1v) is 18.8. The lowest BCUT2D eigenvalue weighted by molar-refractivity contribution is -0.253. The zero-order chi connectivity index (χ0) is 36.1. The summed E-state index contributed by atoms with van der Waals surface area (Å²) in [5, 5.41) is 15.4. The molecule has 2 aliphatic heterocycles. The van der Waals surface area contributed by atoms with Gasteiger partial charge in [-0.2, -0.15) is 0 Å². The number of amides is 2. The highest BCUT2D eigenvalue weighted by Gasteiger charge is 2.33. The first kappa shape index (κ1) is 37.2. The Morgan fingerprint density at radius 1 is 0.769 bits per heavy atom. The van der Waals surface area contributed by atoms with E-state index in [2.05, 4.69) is 58.0 Å². The van der Waals surface area contributed by atoms with Gasteiger partial charge in [0, 0.05) is 37.9 Å². The van der Waals surface area contributed by atoms with Crippen LogP contribution in [0.1, 0.15) is 92.4 Å². The van der Waals surface area contributed by atoms with Crippen LogP contribution >= 0.6 is 0 Å². The molecule has 3 atom stereocenters. The largest absolute Gasteiger partial charge is 0.397 e. The third-order valence-electron chi connectivity index (χ3n) is 10.1. The summed E-state index contributed by atoms with van der Waals surface area (Å²) in [6.45, 7) is 3.50. The van der Waals surface area contributed by atoms with Gasteiger partial charge in [0.05, 0.1) is 30.2 Å². The Kier molecular flexibility index (Phi) is 13.5. The van der Waals surface area contributed by atoms with Crippen LogP contribution in [0.25, 0.3) is 11.1 Å². The Morgan fingerprint density at radius 2 is 1.44 bits per heavy atom. The summed E-state index contributed by atoms with van der Waals surface area (Å²) in [4.78, 5) is 27.6. The van der Waals surface area contributed by atoms with Crippen molar-refractivity contribution in [3.05, 3.63) is 119 Å². The van der Waals surface area contributed by atoms with E-state index in [1.807, 2.05) is 42.5 Å². The molecule has 9 heteroatoms. The molecular formula is C43H52N4O5. The number of anilines is 2.